The summed E-state index contributed by atoms with van der Waals surface area (Å²) in [6.45, 7) is 8.83. The first-order chi connectivity index (χ1) is 21.1. The first kappa shape index (κ1) is 41.9. The van der Waals surface area contributed by atoms with Crippen LogP contribution in [-0.2, 0) is 14.3 Å². The van der Waals surface area contributed by atoms with Crippen LogP contribution in [-0.4, -0.2) is 24.1 Å². The van der Waals surface area contributed by atoms with Crippen LogP contribution in [0.25, 0.3) is 0 Å². The largest absolute Gasteiger partial charge is 0.375 e. The van der Waals surface area contributed by atoms with Crippen LogP contribution in [0.5, 0.6) is 0 Å². The summed E-state index contributed by atoms with van der Waals surface area (Å²) < 4.78 is 7.00. The molecular formula is C40H74O3. The molecule has 0 aromatic heterocycles. The van der Waals surface area contributed by atoms with Gasteiger partial charge in [0, 0.05) is 12.2 Å². The second kappa shape index (κ2) is 33.7. The second-order valence-electron chi connectivity index (χ2n) is 13.7. The molecule has 0 saturated carbocycles. The van der Waals surface area contributed by atoms with Gasteiger partial charge in [-0.05, 0) is 50.4 Å². The molecule has 0 spiro atoms. The number of hydrogen-bond donors (Lipinski definition) is 0. The third kappa shape index (κ3) is 30.7. The molecule has 0 aromatic carbocycles. The van der Waals surface area contributed by atoms with Crippen molar-refractivity contribution in [2.45, 2.75) is 220 Å². The van der Waals surface area contributed by atoms with Crippen molar-refractivity contribution in [3.05, 3.63) is 12.2 Å². The Bertz CT molecular complexity index is 605. The predicted molar refractivity (Wildman–Crippen MR) is 188 cm³/mol. The Balaban J connectivity index is 4.74. The monoisotopic (exact) mass is 603 g/mol. The van der Waals surface area contributed by atoms with Crippen LogP contribution < -0.4 is 0 Å². The lowest BCUT2D eigenvalue weighted by atomic mass is 9.98. The topological polar surface area (TPSA) is 43.4 Å². The molecule has 0 rings (SSSR count). The van der Waals surface area contributed by atoms with E-state index in [9.17, 15) is 9.59 Å². The molecule has 3 nitrogen and oxygen atoms in total. The number of carbonyl (C=O) groups excluding carboxylic acids is 2. The Kier molecular flexibility index (Phi) is 32.9. The van der Waals surface area contributed by atoms with E-state index in [0.29, 0.717) is 24.0 Å². The highest BCUT2D eigenvalue weighted by Gasteiger charge is 2.17. The van der Waals surface area contributed by atoms with Gasteiger partial charge in [0.1, 0.15) is 11.9 Å². The van der Waals surface area contributed by atoms with Crippen LogP contribution in [0.1, 0.15) is 207 Å². The summed E-state index contributed by atoms with van der Waals surface area (Å²) in [4.78, 5) is 21.1. The van der Waals surface area contributed by atoms with Crippen LogP contribution in [0.15, 0.2) is 12.2 Å². The van der Waals surface area contributed by atoms with Crippen molar-refractivity contribution >= 4 is 11.9 Å². The van der Waals surface area contributed by atoms with E-state index in [0.717, 1.165) is 12.8 Å². The van der Waals surface area contributed by atoms with Crippen molar-refractivity contribution < 1.29 is 14.3 Å². The molecule has 0 saturated heterocycles. The molecule has 3 heteroatoms. The Hall–Kier alpha value is -1.14. The summed E-state index contributed by atoms with van der Waals surface area (Å²) in [5.74, 6) is 4.62. The summed E-state index contributed by atoms with van der Waals surface area (Å²) in [5, 5.41) is 0. The van der Waals surface area contributed by atoms with Gasteiger partial charge in [-0.1, -0.05) is 169 Å². The van der Waals surface area contributed by atoms with Gasteiger partial charge in [0.25, 0.3) is 0 Å². The van der Waals surface area contributed by atoms with Crippen molar-refractivity contribution in [2.24, 2.45) is 11.8 Å². The molecule has 4 unspecified atom stereocenters. The Morgan fingerprint density at radius 2 is 0.674 bits per heavy atom. The van der Waals surface area contributed by atoms with Gasteiger partial charge >= 0.3 is 0 Å². The van der Waals surface area contributed by atoms with E-state index in [-0.39, 0.29) is 0 Å². The van der Waals surface area contributed by atoms with Gasteiger partial charge in [0.2, 0.25) is 0 Å². The van der Waals surface area contributed by atoms with E-state index in [2.05, 4.69) is 27.7 Å². The van der Waals surface area contributed by atoms with Crippen molar-refractivity contribution in [3.8, 4) is 0 Å². The standard InChI is InChI=1S/C40H74O3/c1-5-7-9-11-17-23-29-39(31-25-19-13-15-21-27-37(3)33-35-41)43-40(30-24-18-12-10-8-6-2)32-26-20-14-16-22-28-38(4)34-36-42/h33-34,37-40H,5-32H2,1-4H3. The third-order valence-electron chi connectivity index (χ3n) is 9.22. The number of hydrogen-bond acceptors (Lipinski definition) is 3. The second-order valence-corrected chi connectivity index (χ2v) is 13.7. The minimum absolute atomic E-state index is 0.366. The molecular weight excluding hydrogens is 528 g/mol. The van der Waals surface area contributed by atoms with Gasteiger partial charge in [-0.15, -0.1) is 0 Å². The summed E-state index contributed by atoms with van der Waals surface area (Å²) in [6.07, 6.45) is 40.3. The maximum absolute atomic E-state index is 10.5. The lowest BCUT2D eigenvalue weighted by Gasteiger charge is -2.26. The molecule has 0 radical (unpaired) electrons. The highest BCUT2D eigenvalue weighted by Crippen LogP contribution is 2.24. The van der Waals surface area contributed by atoms with Gasteiger partial charge in [-0.2, -0.15) is 0 Å². The SMILES string of the molecule is CCCCCCCCC(CCCCCCCC(C)C=C=O)OC(CCCCCCCC)CCCCCCCC(C)C=C=O. The van der Waals surface area contributed by atoms with Gasteiger partial charge in [0.05, 0.1) is 12.2 Å². The van der Waals surface area contributed by atoms with Crippen molar-refractivity contribution in [2.75, 3.05) is 0 Å². The summed E-state index contributed by atoms with van der Waals surface area (Å²) in [5.41, 5.74) is 0. The van der Waals surface area contributed by atoms with Crippen LogP contribution >= 0.6 is 0 Å². The Labute approximate surface area is 269 Å². The van der Waals surface area contributed by atoms with E-state index < -0.39 is 0 Å². The van der Waals surface area contributed by atoms with E-state index in [1.807, 2.05) is 11.9 Å². The first-order valence-corrected chi connectivity index (χ1v) is 19.1. The lowest BCUT2D eigenvalue weighted by Crippen LogP contribution is -2.23. The summed E-state index contributed by atoms with van der Waals surface area (Å²) in [6, 6.07) is 0. The molecule has 0 aliphatic carbocycles. The minimum atomic E-state index is 0.366. The molecule has 0 aliphatic rings. The summed E-state index contributed by atoms with van der Waals surface area (Å²) >= 11 is 0. The minimum Gasteiger partial charge on any atom is -0.375 e. The number of allylic oxidation sites excluding steroid dienone is 2. The zero-order valence-corrected chi connectivity index (χ0v) is 29.5. The fourth-order valence-corrected chi connectivity index (χ4v) is 6.27. The molecule has 0 aromatic rings. The zero-order valence-electron chi connectivity index (χ0n) is 29.5. The molecule has 0 amide bonds. The van der Waals surface area contributed by atoms with Gasteiger partial charge in [-0.3, -0.25) is 0 Å². The molecule has 0 aliphatic heterocycles. The van der Waals surface area contributed by atoms with Crippen LogP contribution in [0.2, 0.25) is 0 Å². The van der Waals surface area contributed by atoms with Crippen LogP contribution in [0.3, 0.4) is 0 Å². The van der Waals surface area contributed by atoms with E-state index in [1.165, 1.54) is 167 Å². The van der Waals surface area contributed by atoms with Gasteiger partial charge < -0.3 is 4.74 Å². The molecule has 0 bridgehead atoms. The van der Waals surface area contributed by atoms with E-state index >= 15 is 0 Å². The van der Waals surface area contributed by atoms with E-state index in [1.54, 1.807) is 12.2 Å². The molecule has 252 valence electrons. The average molecular weight is 603 g/mol. The number of rotatable bonds is 34. The zero-order chi connectivity index (χ0) is 31.6. The van der Waals surface area contributed by atoms with Crippen molar-refractivity contribution in [1.29, 1.82) is 0 Å². The Morgan fingerprint density at radius 3 is 0.953 bits per heavy atom. The average Bonchev–Trinajstić information content (AvgIpc) is 2.99. The highest BCUT2D eigenvalue weighted by molar-refractivity contribution is 5.45. The predicted octanol–water partition coefficient (Wildman–Crippen LogP) is 12.8. The first-order valence-electron chi connectivity index (χ1n) is 19.1. The van der Waals surface area contributed by atoms with Crippen molar-refractivity contribution in [3.63, 3.8) is 0 Å². The van der Waals surface area contributed by atoms with E-state index in [4.69, 9.17) is 4.74 Å². The number of unbranched alkanes of at least 4 members (excludes halogenated alkanes) is 18. The normalized spacial score (nSPS) is 14.0. The quantitative estimate of drug-likeness (QED) is 0.0543. The van der Waals surface area contributed by atoms with Crippen molar-refractivity contribution in [1.82, 2.24) is 0 Å². The van der Waals surface area contributed by atoms with Crippen LogP contribution in [0.4, 0.5) is 0 Å². The van der Waals surface area contributed by atoms with Gasteiger partial charge in [0.15, 0.2) is 0 Å². The molecule has 43 heavy (non-hydrogen) atoms. The lowest BCUT2D eigenvalue weighted by molar-refractivity contribution is -0.0324. The molecule has 0 N–H and O–H groups in total. The number of ether oxygens (including phenoxy) is 1. The molecule has 0 fully saturated rings. The smallest absolute Gasteiger partial charge is 0.120 e. The molecule has 0 heterocycles. The highest BCUT2D eigenvalue weighted by atomic mass is 16.5. The third-order valence-corrected chi connectivity index (χ3v) is 9.22. The molecule has 4 atom stereocenters. The van der Waals surface area contributed by atoms with Gasteiger partial charge in [-0.25, -0.2) is 9.59 Å². The van der Waals surface area contributed by atoms with Crippen LogP contribution in [0, 0.1) is 11.8 Å². The fraction of sp³-hybridized carbons (Fsp3) is 0.900. The maximum atomic E-state index is 10.5. The Morgan fingerprint density at radius 1 is 0.419 bits per heavy atom. The fourth-order valence-electron chi connectivity index (χ4n) is 6.27. The maximum Gasteiger partial charge on any atom is 0.120 e. The summed E-state index contributed by atoms with van der Waals surface area (Å²) in [7, 11) is 0.